The molecule has 3 nitrogen and oxygen atoms in total. The lowest BCUT2D eigenvalue weighted by Gasteiger charge is -2.15. The number of benzene rings is 2. The van der Waals surface area contributed by atoms with E-state index in [4.69, 9.17) is 16.3 Å². The molecule has 122 valence electrons. The Labute approximate surface area is 146 Å². The Bertz CT molecular complexity index is 678. The van der Waals surface area contributed by atoms with Crippen LogP contribution in [0.3, 0.4) is 0 Å². The molecule has 0 aliphatic carbocycles. The van der Waals surface area contributed by atoms with E-state index in [1.165, 1.54) is 11.8 Å². The van der Waals surface area contributed by atoms with Gasteiger partial charge in [-0.25, -0.2) is 0 Å². The number of amides is 1. The number of aryl methyl sites for hydroxylation is 2. The van der Waals surface area contributed by atoms with E-state index < -0.39 is 0 Å². The number of halogens is 1. The Morgan fingerprint density at radius 2 is 1.87 bits per heavy atom. The van der Waals surface area contributed by atoms with Gasteiger partial charge in [-0.05, 0) is 62.2 Å². The lowest BCUT2D eigenvalue weighted by molar-refractivity contribution is -0.115. The number of rotatable bonds is 5. The standard InChI is InChI=1S/C18H20ClNO2S/c1-11-9-12(2)17(16(19)10-11)20-18(21)13(3)23-15-7-5-14(22-4)6-8-15/h5-10,13H,1-4H3,(H,20,21). The number of methoxy groups -OCH3 is 1. The average Bonchev–Trinajstić information content (AvgIpc) is 2.51. The summed E-state index contributed by atoms with van der Waals surface area (Å²) >= 11 is 7.74. The molecule has 0 radical (unpaired) electrons. The van der Waals surface area contributed by atoms with Crippen molar-refractivity contribution in [3.05, 3.63) is 52.5 Å². The molecule has 23 heavy (non-hydrogen) atoms. The Balaban J connectivity index is 2.05. The van der Waals surface area contributed by atoms with Crippen molar-refractivity contribution in [1.29, 1.82) is 0 Å². The van der Waals surface area contributed by atoms with Crippen molar-refractivity contribution in [3.63, 3.8) is 0 Å². The first-order valence-corrected chi connectivity index (χ1v) is 8.55. The second-order valence-corrected chi connectivity index (χ2v) is 7.18. The first kappa shape index (κ1) is 17.7. The summed E-state index contributed by atoms with van der Waals surface area (Å²) in [4.78, 5) is 13.4. The lowest BCUT2D eigenvalue weighted by Crippen LogP contribution is -2.23. The smallest absolute Gasteiger partial charge is 0.237 e. The summed E-state index contributed by atoms with van der Waals surface area (Å²) in [6.45, 7) is 5.80. The van der Waals surface area contributed by atoms with E-state index in [1.807, 2.05) is 57.2 Å². The van der Waals surface area contributed by atoms with Gasteiger partial charge in [0.25, 0.3) is 0 Å². The highest BCUT2D eigenvalue weighted by atomic mass is 35.5. The summed E-state index contributed by atoms with van der Waals surface area (Å²) in [5.41, 5.74) is 2.72. The van der Waals surface area contributed by atoms with Gasteiger partial charge in [-0.2, -0.15) is 0 Å². The van der Waals surface area contributed by atoms with Gasteiger partial charge in [0.05, 0.1) is 23.1 Å². The van der Waals surface area contributed by atoms with Gasteiger partial charge in [0.15, 0.2) is 0 Å². The third-order valence-corrected chi connectivity index (χ3v) is 4.83. The molecule has 0 aliphatic heterocycles. The number of hydrogen-bond acceptors (Lipinski definition) is 3. The van der Waals surface area contributed by atoms with E-state index in [0.29, 0.717) is 10.7 Å². The van der Waals surface area contributed by atoms with Crippen molar-refractivity contribution in [2.75, 3.05) is 12.4 Å². The highest BCUT2D eigenvalue weighted by molar-refractivity contribution is 8.00. The number of carbonyl (C=O) groups is 1. The van der Waals surface area contributed by atoms with Gasteiger partial charge in [0, 0.05) is 4.90 Å². The fraction of sp³-hybridized carbons (Fsp3) is 0.278. The maximum atomic E-state index is 12.4. The number of carbonyl (C=O) groups excluding carboxylic acids is 1. The topological polar surface area (TPSA) is 38.3 Å². The molecule has 5 heteroatoms. The van der Waals surface area contributed by atoms with Crippen molar-refractivity contribution < 1.29 is 9.53 Å². The molecule has 2 aromatic carbocycles. The first-order valence-electron chi connectivity index (χ1n) is 7.29. The van der Waals surface area contributed by atoms with E-state index in [0.717, 1.165) is 21.8 Å². The minimum absolute atomic E-state index is 0.0697. The van der Waals surface area contributed by atoms with Gasteiger partial charge in [-0.3, -0.25) is 4.79 Å². The molecule has 0 aliphatic rings. The predicted octanol–water partition coefficient (Wildman–Crippen LogP) is 5.08. The third kappa shape index (κ3) is 4.66. The largest absolute Gasteiger partial charge is 0.497 e. The summed E-state index contributed by atoms with van der Waals surface area (Å²) in [5, 5.41) is 3.26. The molecule has 0 saturated heterocycles. The zero-order chi connectivity index (χ0) is 17.0. The molecule has 1 N–H and O–H groups in total. The fourth-order valence-electron chi connectivity index (χ4n) is 2.21. The Morgan fingerprint density at radius 1 is 1.22 bits per heavy atom. The molecule has 1 unspecified atom stereocenters. The van der Waals surface area contributed by atoms with Crippen LogP contribution in [0.1, 0.15) is 18.1 Å². The van der Waals surface area contributed by atoms with Crippen molar-refractivity contribution in [2.24, 2.45) is 0 Å². The summed E-state index contributed by atoms with van der Waals surface area (Å²) in [6, 6.07) is 11.5. The quantitative estimate of drug-likeness (QED) is 0.764. The van der Waals surface area contributed by atoms with Gasteiger partial charge >= 0.3 is 0 Å². The van der Waals surface area contributed by atoms with Gasteiger partial charge in [0.2, 0.25) is 5.91 Å². The van der Waals surface area contributed by atoms with Gasteiger partial charge in [0.1, 0.15) is 5.75 Å². The second-order valence-electron chi connectivity index (χ2n) is 5.36. The lowest BCUT2D eigenvalue weighted by atomic mass is 10.1. The van der Waals surface area contributed by atoms with E-state index >= 15 is 0 Å². The minimum Gasteiger partial charge on any atom is -0.497 e. The number of hydrogen-bond donors (Lipinski definition) is 1. The Morgan fingerprint density at radius 3 is 2.43 bits per heavy atom. The predicted molar refractivity (Wildman–Crippen MR) is 97.9 cm³/mol. The molecule has 0 saturated carbocycles. The molecule has 2 rings (SSSR count). The van der Waals surface area contributed by atoms with Crippen LogP contribution in [0.5, 0.6) is 5.75 Å². The zero-order valence-corrected chi connectivity index (χ0v) is 15.2. The molecule has 0 spiro atoms. The molecule has 2 aromatic rings. The summed E-state index contributed by atoms with van der Waals surface area (Å²) in [5.74, 6) is 0.730. The van der Waals surface area contributed by atoms with Crippen LogP contribution in [-0.2, 0) is 4.79 Å². The van der Waals surface area contributed by atoms with Crippen LogP contribution in [0.15, 0.2) is 41.3 Å². The van der Waals surface area contributed by atoms with Crippen LogP contribution in [0.25, 0.3) is 0 Å². The molecule has 0 aromatic heterocycles. The normalized spacial score (nSPS) is 11.9. The molecule has 1 atom stereocenters. The fourth-order valence-corrected chi connectivity index (χ4v) is 3.45. The van der Waals surface area contributed by atoms with Crippen molar-refractivity contribution in [1.82, 2.24) is 0 Å². The van der Waals surface area contributed by atoms with Crippen LogP contribution in [0, 0.1) is 13.8 Å². The number of thioether (sulfide) groups is 1. The molecular formula is C18H20ClNO2S. The van der Waals surface area contributed by atoms with Crippen molar-refractivity contribution in [2.45, 2.75) is 30.9 Å². The van der Waals surface area contributed by atoms with Gasteiger partial charge in [-0.1, -0.05) is 17.7 Å². The maximum Gasteiger partial charge on any atom is 0.237 e. The van der Waals surface area contributed by atoms with Crippen LogP contribution in [0.2, 0.25) is 5.02 Å². The number of nitrogens with one attached hydrogen (secondary N) is 1. The van der Waals surface area contributed by atoms with E-state index in [-0.39, 0.29) is 11.2 Å². The summed E-state index contributed by atoms with van der Waals surface area (Å²) in [7, 11) is 1.63. The Kier molecular flexibility index (Phi) is 5.97. The summed E-state index contributed by atoms with van der Waals surface area (Å²) < 4.78 is 5.13. The SMILES string of the molecule is COc1ccc(SC(C)C(=O)Nc2c(C)cc(C)cc2Cl)cc1. The Hall–Kier alpha value is -1.65. The van der Waals surface area contributed by atoms with Crippen LogP contribution < -0.4 is 10.1 Å². The highest BCUT2D eigenvalue weighted by Gasteiger charge is 2.17. The molecular weight excluding hydrogens is 330 g/mol. The molecule has 0 fully saturated rings. The zero-order valence-electron chi connectivity index (χ0n) is 13.6. The van der Waals surface area contributed by atoms with Crippen molar-refractivity contribution >= 4 is 35.0 Å². The van der Waals surface area contributed by atoms with E-state index in [9.17, 15) is 4.79 Å². The average molecular weight is 350 g/mol. The monoisotopic (exact) mass is 349 g/mol. The van der Waals surface area contributed by atoms with E-state index in [2.05, 4.69) is 5.32 Å². The number of ether oxygens (including phenoxy) is 1. The minimum atomic E-state index is -0.236. The second kappa shape index (κ2) is 7.75. The van der Waals surface area contributed by atoms with Crippen LogP contribution in [0.4, 0.5) is 5.69 Å². The molecule has 0 heterocycles. The van der Waals surface area contributed by atoms with Crippen LogP contribution >= 0.6 is 23.4 Å². The van der Waals surface area contributed by atoms with Crippen LogP contribution in [-0.4, -0.2) is 18.3 Å². The highest BCUT2D eigenvalue weighted by Crippen LogP contribution is 2.30. The number of anilines is 1. The maximum absolute atomic E-state index is 12.4. The van der Waals surface area contributed by atoms with Crippen molar-refractivity contribution in [3.8, 4) is 5.75 Å². The van der Waals surface area contributed by atoms with E-state index in [1.54, 1.807) is 7.11 Å². The van der Waals surface area contributed by atoms with Gasteiger partial charge < -0.3 is 10.1 Å². The van der Waals surface area contributed by atoms with Gasteiger partial charge in [-0.15, -0.1) is 11.8 Å². The first-order chi connectivity index (χ1) is 10.9. The third-order valence-electron chi connectivity index (χ3n) is 3.42. The molecule has 0 bridgehead atoms. The molecule has 1 amide bonds. The summed E-state index contributed by atoms with van der Waals surface area (Å²) in [6.07, 6.45) is 0.